The zero-order valence-electron chi connectivity index (χ0n) is 18.2. The Labute approximate surface area is 169 Å². The first-order valence-corrected chi connectivity index (χ1v) is 9.84. The van der Waals surface area contributed by atoms with E-state index in [1.54, 1.807) is 19.3 Å². The van der Waals surface area contributed by atoms with E-state index in [2.05, 4.69) is 35.5 Å². The van der Waals surface area contributed by atoms with Crippen LogP contribution in [-0.4, -0.2) is 36.7 Å². The second kappa shape index (κ2) is 11.4. The van der Waals surface area contributed by atoms with Crippen LogP contribution in [0.5, 0.6) is 0 Å². The van der Waals surface area contributed by atoms with Gasteiger partial charge in [-0.2, -0.15) is 0 Å². The van der Waals surface area contributed by atoms with E-state index in [1.165, 1.54) is 26.7 Å². The Balaban J connectivity index is 3.16. The van der Waals surface area contributed by atoms with Gasteiger partial charge in [0.2, 0.25) is 5.91 Å². The number of hydrogen-bond donors (Lipinski definition) is 2. The first-order chi connectivity index (χ1) is 13.2. The van der Waals surface area contributed by atoms with Crippen LogP contribution in [0.2, 0.25) is 0 Å². The summed E-state index contributed by atoms with van der Waals surface area (Å²) in [6.07, 6.45) is 8.80. The number of nitrogens with one attached hydrogen (secondary N) is 2. The van der Waals surface area contributed by atoms with Gasteiger partial charge in [-0.05, 0) is 51.2 Å². The van der Waals surface area contributed by atoms with Crippen LogP contribution >= 0.6 is 0 Å². The Morgan fingerprint density at radius 3 is 2.21 bits per heavy atom. The van der Waals surface area contributed by atoms with Crippen molar-refractivity contribution in [2.24, 2.45) is 15.9 Å². The number of rotatable bonds is 10. The highest BCUT2D eigenvalue weighted by molar-refractivity contribution is 5.99. The highest BCUT2D eigenvalue weighted by Gasteiger charge is 2.21. The van der Waals surface area contributed by atoms with Crippen molar-refractivity contribution in [2.75, 3.05) is 7.05 Å². The summed E-state index contributed by atoms with van der Waals surface area (Å²) in [6.45, 7) is 11.1. The topological polar surface area (TPSA) is 82.9 Å². The summed E-state index contributed by atoms with van der Waals surface area (Å²) in [5.41, 5.74) is 3.88. The molecule has 154 valence electrons. The quantitative estimate of drug-likeness (QED) is 0.341. The molecule has 1 amide bonds. The van der Waals surface area contributed by atoms with Crippen molar-refractivity contribution in [3.63, 3.8) is 0 Å². The van der Waals surface area contributed by atoms with E-state index in [4.69, 9.17) is 4.99 Å². The van der Waals surface area contributed by atoms with Crippen molar-refractivity contribution in [3.8, 4) is 0 Å². The van der Waals surface area contributed by atoms with Gasteiger partial charge in [-0.25, -0.2) is 0 Å². The van der Waals surface area contributed by atoms with Crippen LogP contribution in [0, 0.1) is 5.92 Å². The van der Waals surface area contributed by atoms with Gasteiger partial charge in [0.05, 0.1) is 11.7 Å². The van der Waals surface area contributed by atoms with E-state index < -0.39 is 0 Å². The molecule has 0 bridgehead atoms. The van der Waals surface area contributed by atoms with Crippen LogP contribution in [0.3, 0.4) is 0 Å². The molecule has 1 rings (SSSR count). The Bertz CT molecular complexity index is 738. The average Bonchev–Trinajstić information content (AvgIpc) is 3.42. The molecule has 28 heavy (non-hydrogen) atoms. The molecule has 0 spiro atoms. The number of hydrogen-bond acceptors (Lipinski definition) is 5. The molecule has 6 nitrogen and oxygen atoms in total. The van der Waals surface area contributed by atoms with Crippen LogP contribution < -0.4 is 10.6 Å². The van der Waals surface area contributed by atoms with Gasteiger partial charge in [-0.1, -0.05) is 13.8 Å². The van der Waals surface area contributed by atoms with Crippen molar-refractivity contribution in [2.45, 2.75) is 66.8 Å². The number of carbonyl (C=O) groups excluding carboxylic acids is 2. The van der Waals surface area contributed by atoms with Gasteiger partial charge in [-0.3, -0.25) is 19.6 Å². The molecular formula is C22H34N4O2. The fraction of sp³-hybridized carbons (Fsp3) is 0.545. The molecule has 1 aliphatic rings. The Morgan fingerprint density at radius 2 is 1.75 bits per heavy atom. The number of nitrogens with zero attached hydrogens (tertiary/aromatic N) is 2. The Morgan fingerprint density at radius 1 is 1.11 bits per heavy atom. The zero-order chi connectivity index (χ0) is 21.3. The molecule has 0 saturated heterocycles. The lowest BCUT2D eigenvalue weighted by molar-refractivity contribution is -0.121. The predicted octanol–water partition coefficient (Wildman–Crippen LogP) is 3.71. The molecule has 0 radical (unpaired) electrons. The third kappa shape index (κ3) is 8.46. The Hall–Kier alpha value is -2.50. The first-order valence-electron chi connectivity index (χ1n) is 9.84. The molecule has 0 unspecified atom stereocenters. The van der Waals surface area contributed by atoms with Crippen molar-refractivity contribution in [1.29, 1.82) is 0 Å². The van der Waals surface area contributed by atoms with Crippen LogP contribution in [0.1, 0.15) is 60.8 Å². The number of amides is 1. The normalized spacial score (nSPS) is 18.0. The molecule has 0 aromatic heterocycles. The molecule has 0 aromatic rings. The average molecular weight is 387 g/mol. The Kier molecular flexibility index (Phi) is 9.56. The second-order valence-corrected chi connectivity index (χ2v) is 7.31. The standard InChI is InChI=1S/C22H34N4O2/c1-8-14(2)21(26-20-9-10-20)11-15(3)24-16(4)19(13-23-7)12-22(17(5)27)25-18(6)28/h11-14,20,24H,8-10H2,1-7H3,(H,25,28)/b15-11?,19-16+,22-12-,23-13?,26-21?/t14-/m1/s1. The minimum Gasteiger partial charge on any atom is -0.362 e. The summed E-state index contributed by atoms with van der Waals surface area (Å²) >= 11 is 0. The van der Waals surface area contributed by atoms with Gasteiger partial charge in [0, 0.05) is 49.8 Å². The molecule has 1 aliphatic carbocycles. The zero-order valence-corrected chi connectivity index (χ0v) is 18.2. The summed E-state index contributed by atoms with van der Waals surface area (Å²) in [5, 5.41) is 5.94. The molecule has 0 aromatic carbocycles. The SMILES string of the molecule is CC[C@@H](C)C(C=C(C)N/C(C)=C(C=NC)\C=C(/NC(C)=O)C(C)=O)=NC1CC1. The maximum Gasteiger partial charge on any atom is 0.221 e. The fourth-order valence-electron chi connectivity index (χ4n) is 2.51. The maximum atomic E-state index is 11.8. The second-order valence-electron chi connectivity index (χ2n) is 7.31. The van der Waals surface area contributed by atoms with Gasteiger partial charge >= 0.3 is 0 Å². The fourth-order valence-corrected chi connectivity index (χ4v) is 2.51. The molecule has 1 atom stereocenters. The minimum absolute atomic E-state index is 0.215. The first kappa shape index (κ1) is 23.5. The molecular weight excluding hydrogens is 352 g/mol. The largest absolute Gasteiger partial charge is 0.362 e. The monoisotopic (exact) mass is 386 g/mol. The van der Waals surface area contributed by atoms with Gasteiger partial charge in [0.15, 0.2) is 5.78 Å². The lowest BCUT2D eigenvalue weighted by Crippen LogP contribution is -2.24. The van der Waals surface area contributed by atoms with E-state index in [1.807, 2.05) is 13.8 Å². The van der Waals surface area contributed by atoms with Crippen molar-refractivity contribution < 1.29 is 9.59 Å². The molecule has 1 fully saturated rings. The van der Waals surface area contributed by atoms with Crippen molar-refractivity contribution in [1.82, 2.24) is 10.6 Å². The van der Waals surface area contributed by atoms with E-state index in [0.29, 0.717) is 12.0 Å². The molecule has 6 heteroatoms. The third-order valence-electron chi connectivity index (χ3n) is 4.44. The van der Waals surface area contributed by atoms with Gasteiger partial charge in [-0.15, -0.1) is 0 Å². The number of Topliss-reactive ketones (excluding diaryl/α,β-unsaturated/α-hetero) is 1. The highest BCUT2D eigenvalue weighted by atomic mass is 16.2. The number of allylic oxidation sites excluding steroid dienone is 6. The molecule has 1 saturated carbocycles. The van der Waals surface area contributed by atoms with E-state index in [-0.39, 0.29) is 17.4 Å². The van der Waals surface area contributed by atoms with Gasteiger partial charge in [0.1, 0.15) is 0 Å². The van der Waals surface area contributed by atoms with Crippen LogP contribution in [0.15, 0.2) is 44.8 Å². The number of aliphatic imine (C=N–C) groups is 2. The van der Waals surface area contributed by atoms with Crippen molar-refractivity contribution >= 4 is 23.6 Å². The van der Waals surface area contributed by atoms with Gasteiger partial charge < -0.3 is 10.6 Å². The number of ketones is 1. The smallest absolute Gasteiger partial charge is 0.221 e. The van der Waals surface area contributed by atoms with Crippen LogP contribution in [0.4, 0.5) is 0 Å². The summed E-state index contributed by atoms with van der Waals surface area (Å²) in [6, 6.07) is 0.478. The molecule has 0 heterocycles. The molecule has 2 N–H and O–H groups in total. The van der Waals surface area contributed by atoms with E-state index >= 15 is 0 Å². The maximum absolute atomic E-state index is 11.8. The summed E-state index contributed by atoms with van der Waals surface area (Å²) in [4.78, 5) is 32.1. The van der Waals surface area contributed by atoms with Crippen molar-refractivity contribution in [3.05, 3.63) is 34.8 Å². The summed E-state index contributed by atoms with van der Waals surface area (Å²) in [7, 11) is 1.67. The number of carbonyl (C=O) groups is 2. The lowest BCUT2D eigenvalue weighted by atomic mass is 10.0. The predicted molar refractivity (Wildman–Crippen MR) is 117 cm³/mol. The lowest BCUT2D eigenvalue weighted by Gasteiger charge is -2.14. The molecule has 0 aliphatic heterocycles. The minimum atomic E-state index is -0.287. The highest BCUT2D eigenvalue weighted by Crippen LogP contribution is 2.25. The van der Waals surface area contributed by atoms with Gasteiger partial charge in [0.25, 0.3) is 0 Å². The van der Waals surface area contributed by atoms with Crippen LogP contribution in [0.25, 0.3) is 0 Å². The third-order valence-corrected chi connectivity index (χ3v) is 4.44. The van der Waals surface area contributed by atoms with E-state index in [9.17, 15) is 9.59 Å². The van der Waals surface area contributed by atoms with E-state index in [0.717, 1.165) is 29.1 Å². The van der Waals surface area contributed by atoms with Crippen LogP contribution in [-0.2, 0) is 9.59 Å². The summed E-state index contributed by atoms with van der Waals surface area (Å²) in [5.74, 6) is -0.0967. The summed E-state index contributed by atoms with van der Waals surface area (Å²) < 4.78 is 0.